The quantitative estimate of drug-likeness (QED) is 0.326. The summed E-state index contributed by atoms with van der Waals surface area (Å²) in [5.74, 6) is 1.03. The Hall–Kier alpha value is -0.870. The number of aliphatic hydroxyl groups is 1. The fraction of sp³-hybridized carbons (Fsp3) is 0.870. The van der Waals surface area contributed by atoms with Gasteiger partial charge >= 0.3 is 0 Å². The molecule has 27 heavy (non-hydrogen) atoms. The van der Waals surface area contributed by atoms with Crippen LogP contribution < -0.4 is 0 Å². The number of hydrogen-bond acceptors (Lipinski definition) is 3. The van der Waals surface area contributed by atoms with Crippen LogP contribution in [0.1, 0.15) is 102 Å². The molecule has 0 saturated carbocycles. The van der Waals surface area contributed by atoms with Crippen molar-refractivity contribution >= 4 is 0 Å². The van der Waals surface area contributed by atoms with Crippen LogP contribution in [0, 0.1) is 6.92 Å². The van der Waals surface area contributed by atoms with Crippen LogP contribution >= 0.6 is 0 Å². The number of nitrogens with zero attached hydrogens (tertiary/aromatic N) is 2. The van der Waals surface area contributed by atoms with Crippen LogP contribution in [0.25, 0.3) is 0 Å². The van der Waals surface area contributed by atoms with E-state index in [2.05, 4.69) is 23.4 Å². The van der Waals surface area contributed by atoms with E-state index in [1.165, 1.54) is 70.6 Å². The van der Waals surface area contributed by atoms with E-state index in [0.29, 0.717) is 13.2 Å². The summed E-state index contributed by atoms with van der Waals surface area (Å²) in [6.45, 7) is 8.16. The van der Waals surface area contributed by atoms with E-state index in [1.807, 2.05) is 13.1 Å². The first kappa shape index (κ1) is 24.2. The Balaban J connectivity index is 1.89. The van der Waals surface area contributed by atoms with Crippen LogP contribution in [0.3, 0.4) is 0 Å². The van der Waals surface area contributed by atoms with Gasteiger partial charge < -0.3 is 14.4 Å². The molecule has 0 saturated heterocycles. The van der Waals surface area contributed by atoms with E-state index in [1.54, 1.807) is 0 Å². The minimum atomic E-state index is -0.458. The van der Waals surface area contributed by atoms with Crippen molar-refractivity contribution in [3.8, 4) is 0 Å². The van der Waals surface area contributed by atoms with E-state index in [0.717, 1.165) is 31.0 Å². The summed E-state index contributed by atoms with van der Waals surface area (Å²) < 4.78 is 7.76. The average molecular weight is 381 g/mol. The molecule has 4 nitrogen and oxygen atoms in total. The second kappa shape index (κ2) is 16.1. The molecule has 0 aliphatic carbocycles. The molecule has 4 heteroatoms. The van der Waals surface area contributed by atoms with Gasteiger partial charge in [-0.2, -0.15) is 0 Å². The van der Waals surface area contributed by atoms with Crippen molar-refractivity contribution in [3.05, 3.63) is 17.7 Å². The standard InChI is InChI=1S/C23H44N2O2/c1-4-6-7-8-9-10-11-12-13-14-15-16-17-27-20-22(26)19-25-21(3)18-24-23(25)5-2/h18,22,26H,4-17,19-20H2,1-3H3. The number of hydrogen-bond donors (Lipinski definition) is 1. The maximum atomic E-state index is 10.2. The number of unbranched alkanes of at least 4 members (excludes halogenated alkanes) is 11. The van der Waals surface area contributed by atoms with Gasteiger partial charge in [0.05, 0.1) is 19.3 Å². The fourth-order valence-corrected chi connectivity index (χ4v) is 3.57. The molecule has 1 unspecified atom stereocenters. The first-order valence-corrected chi connectivity index (χ1v) is 11.5. The van der Waals surface area contributed by atoms with Crippen molar-refractivity contribution in [1.82, 2.24) is 9.55 Å². The van der Waals surface area contributed by atoms with Crippen molar-refractivity contribution in [2.75, 3.05) is 13.2 Å². The molecule has 1 atom stereocenters. The Kier molecular flexibility index (Phi) is 14.4. The maximum Gasteiger partial charge on any atom is 0.108 e. The predicted molar refractivity (Wildman–Crippen MR) is 114 cm³/mol. The summed E-state index contributed by atoms with van der Waals surface area (Å²) in [7, 11) is 0. The van der Waals surface area contributed by atoms with Gasteiger partial charge in [-0.25, -0.2) is 4.98 Å². The monoisotopic (exact) mass is 380 g/mol. The normalized spacial score (nSPS) is 12.6. The van der Waals surface area contributed by atoms with Crippen molar-refractivity contribution in [2.45, 2.75) is 117 Å². The third kappa shape index (κ3) is 11.5. The van der Waals surface area contributed by atoms with Gasteiger partial charge in [0, 0.05) is 24.9 Å². The molecule has 0 fully saturated rings. The average Bonchev–Trinajstić information content (AvgIpc) is 3.01. The lowest BCUT2D eigenvalue weighted by molar-refractivity contribution is 0.0260. The molecular formula is C23H44N2O2. The van der Waals surface area contributed by atoms with Crippen LogP contribution in [0.2, 0.25) is 0 Å². The van der Waals surface area contributed by atoms with Crippen molar-refractivity contribution < 1.29 is 9.84 Å². The van der Waals surface area contributed by atoms with Crippen LogP contribution in [-0.2, 0) is 17.7 Å². The molecular weight excluding hydrogens is 336 g/mol. The molecule has 1 aromatic rings. The molecule has 0 spiro atoms. The van der Waals surface area contributed by atoms with Gasteiger partial charge in [0.2, 0.25) is 0 Å². The van der Waals surface area contributed by atoms with Gasteiger partial charge in [0.25, 0.3) is 0 Å². The smallest absolute Gasteiger partial charge is 0.108 e. The highest BCUT2D eigenvalue weighted by atomic mass is 16.5. The van der Waals surface area contributed by atoms with E-state index in [4.69, 9.17) is 4.74 Å². The first-order chi connectivity index (χ1) is 13.2. The number of ether oxygens (including phenoxy) is 1. The van der Waals surface area contributed by atoms with E-state index in [9.17, 15) is 5.11 Å². The lowest BCUT2D eigenvalue weighted by Gasteiger charge is -2.15. The van der Waals surface area contributed by atoms with Crippen LogP contribution in [-0.4, -0.2) is 34.0 Å². The highest BCUT2D eigenvalue weighted by Crippen LogP contribution is 2.12. The number of rotatable bonds is 18. The zero-order chi connectivity index (χ0) is 19.7. The minimum Gasteiger partial charge on any atom is -0.389 e. The number of imidazole rings is 1. The molecule has 0 aromatic carbocycles. The van der Waals surface area contributed by atoms with Crippen molar-refractivity contribution in [3.63, 3.8) is 0 Å². The van der Waals surface area contributed by atoms with Crippen molar-refractivity contribution in [1.29, 1.82) is 0 Å². The van der Waals surface area contributed by atoms with Gasteiger partial charge in [-0.05, 0) is 13.3 Å². The summed E-state index contributed by atoms with van der Waals surface area (Å²) in [5, 5.41) is 10.2. The topological polar surface area (TPSA) is 47.3 Å². The van der Waals surface area contributed by atoms with E-state index in [-0.39, 0.29) is 0 Å². The Morgan fingerprint density at radius 2 is 1.48 bits per heavy atom. The Morgan fingerprint density at radius 1 is 0.926 bits per heavy atom. The Labute approximate surface area is 167 Å². The van der Waals surface area contributed by atoms with Gasteiger partial charge in [0.1, 0.15) is 5.82 Å². The summed E-state index contributed by atoms with van der Waals surface area (Å²) in [5.41, 5.74) is 1.10. The number of aliphatic hydroxyl groups excluding tert-OH is 1. The predicted octanol–water partition coefficient (Wildman–Crippen LogP) is 5.83. The molecule has 158 valence electrons. The van der Waals surface area contributed by atoms with Crippen LogP contribution in [0.15, 0.2) is 6.20 Å². The van der Waals surface area contributed by atoms with E-state index < -0.39 is 6.10 Å². The molecule has 1 heterocycles. The third-order valence-electron chi connectivity index (χ3n) is 5.30. The molecule has 1 rings (SSSR count). The van der Waals surface area contributed by atoms with Gasteiger partial charge in [0.15, 0.2) is 0 Å². The number of aryl methyl sites for hydroxylation is 2. The summed E-state index contributed by atoms with van der Waals surface area (Å²) >= 11 is 0. The zero-order valence-electron chi connectivity index (χ0n) is 18.2. The van der Waals surface area contributed by atoms with Crippen LogP contribution in [0.5, 0.6) is 0 Å². The van der Waals surface area contributed by atoms with Crippen molar-refractivity contribution in [2.24, 2.45) is 0 Å². The summed E-state index contributed by atoms with van der Waals surface area (Å²) in [6.07, 6.45) is 18.6. The fourth-order valence-electron chi connectivity index (χ4n) is 3.57. The molecule has 1 N–H and O–H groups in total. The number of aromatic nitrogens is 2. The SMILES string of the molecule is CCCCCCCCCCCCCCOCC(O)Cn1c(C)cnc1CC. The highest BCUT2D eigenvalue weighted by Gasteiger charge is 2.11. The minimum absolute atomic E-state index is 0.415. The third-order valence-corrected chi connectivity index (χ3v) is 5.30. The molecule has 0 aliphatic rings. The second-order valence-electron chi connectivity index (χ2n) is 7.90. The van der Waals surface area contributed by atoms with Crippen LogP contribution in [0.4, 0.5) is 0 Å². The lowest BCUT2D eigenvalue weighted by atomic mass is 10.1. The second-order valence-corrected chi connectivity index (χ2v) is 7.90. The lowest BCUT2D eigenvalue weighted by Crippen LogP contribution is -2.24. The molecule has 0 radical (unpaired) electrons. The Bertz CT molecular complexity index is 459. The summed E-state index contributed by atoms with van der Waals surface area (Å²) in [6, 6.07) is 0. The summed E-state index contributed by atoms with van der Waals surface area (Å²) in [4.78, 5) is 4.37. The molecule has 0 amide bonds. The zero-order valence-corrected chi connectivity index (χ0v) is 18.2. The van der Waals surface area contributed by atoms with Gasteiger partial charge in [-0.15, -0.1) is 0 Å². The molecule has 1 aromatic heterocycles. The van der Waals surface area contributed by atoms with E-state index >= 15 is 0 Å². The Morgan fingerprint density at radius 3 is 2.04 bits per heavy atom. The maximum absolute atomic E-state index is 10.2. The highest BCUT2D eigenvalue weighted by molar-refractivity contribution is 5.03. The largest absolute Gasteiger partial charge is 0.389 e. The van der Waals surface area contributed by atoms with Gasteiger partial charge in [-0.1, -0.05) is 84.5 Å². The molecule has 0 aliphatic heterocycles. The van der Waals surface area contributed by atoms with Gasteiger partial charge in [-0.3, -0.25) is 0 Å². The first-order valence-electron chi connectivity index (χ1n) is 11.5. The molecule has 0 bridgehead atoms.